The van der Waals surface area contributed by atoms with Crippen molar-refractivity contribution in [3.63, 3.8) is 0 Å². The van der Waals surface area contributed by atoms with Crippen LogP contribution in [-0.4, -0.2) is 48.7 Å². The first-order chi connectivity index (χ1) is 17.4. The molecule has 184 valence electrons. The molecule has 2 aromatic carbocycles. The van der Waals surface area contributed by atoms with Crippen molar-refractivity contribution in [3.8, 4) is 5.75 Å². The molecule has 1 atom stereocenters. The first-order valence-corrected chi connectivity index (χ1v) is 11.6. The van der Waals surface area contributed by atoms with Crippen molar-refractivity contribution in [2.75, 3.05) is 44.0 Å². The fourth-order valence-electron chi connectivity index (χ4n) is 4.35. The van der Waals surface area contributed by atoms with Gasteiger partial charge in [-0.25, -0.2) is 14.2 Å². The zero-order valence-corrected chi connectivity index (χ0v) is 20.5. The summed E-state index contributed by atoms with van der Waals surface area (Å²) < 4.78 is 19.3. The van der Waals surface area contributed by atoms with E-state index >= 15 is 0 Å². The third-order valence-corrected chi connectivity index (χ3v) is 6.00. The van der Waals surface area contributed by atoms with Crippen LogP contribution < -0.4 is 15.0 Å². The zero-order valence-electron chi connectivity index (χ0n) is 20.5. The molecular formula is C28H29FN6O. The van der Waals surface area contributed by atoms with Gasteiger partial charge >= 0.3 is 0 Å². The largest absolute Gasteiger partial charge is 0.500 e. The van der Waals surface area contributed by atoms with Gasteiger partial charge in [0.15, 0.2) is 0 Å². The second kappa shape index (κ2) is 11.0. The third kappa shape index (κ3) is 5.37. The van der Waals surface area contributed by atoms with Crippen molar-refractivity contribution in [1.29, 1.82) is 0 Å². The number of aromatic nitrogens is 2. The number of fused-ring (bicyclic) bond motifs is 1. The van der Waals surface area contributed by atoms with Crippen LogP contribution in [0.15, 0.2) is 67.8 Å². The van der Waals surface area contributed by atoms with Gasteiger partial charge in [0, 0.05) is 43.9 Å². The van der Waals surface area contributed by atoms with Crippen molar-refractivity contribution < 1.29 is 9.13 Å². The minimum absolute atomic E-state index is 0.0465. The molecule has 1 aromatic heterocycles. The van der Waals surface area contributed by atoms with Crippen LogP contribution in [0.4, 0.5) is 27.5 Å². The lowest BCUT2D eigenvalue weighted by Gasteiger charge is -2.34. The van der Waals surface area contributed by atoms with Gasteiger partial charge in [-0.3, -0.25) is 0 Å². The topological polar surface area (TPSA) is 57.9 Å². The molecule has 0 aliphatic carbocycles. The first kappa shape index (κ1) is 24.9. The van der Waals surface area contributed by atoms with Crippen molar-refractivity contribution in [1.82, 2.24) is 14.9 Å². The average Bonchev–Trinajstić information content (AvgIpc) is 2.87. The number of halogens is 1. The highest BCUT2D eigenvalue weighted by molar-refractivity contribution is 5.68. The van der Waals surface area contributed by atoms with Gasteiger partial charge < -0.3 is 19.9 Å². The van der Waals surface area contributed by atoms with Crippen LogP contribution in [0, 0.1) is 12.4 Å². The number of nitrogens with one attached hydrogen (secondary N) is 1. The smallest absolute Gasteiger partial charge is 0.229 e. The van der Waals surface area contributed by atoms with Crippen LogP contribution >= 0.6 is 0 Å². The van der Waals surface area contributed by atoms with Crippen molar-refractivity contribution in [2.24, 2.45) is 0 Å². The molecule has 4 rings (SSSR count). The molecule has 7 nitrogen and oxygen atoms in total. The molecule has 1 N–H and O–H groups in total. The summed E-state index contributed by atoms with van der Waals surface area (Å²) in [5.74, 6) is 1.39. The van der Waals surface area contributed by atoms with E-state index < -0.39 is 0 Å². The summed E-state index contributed by atoms with van der Waals surface area (Å²) in [6.45, 7) is 17.3. The van der Waals surface area contributed by atoms with E-state index in [9.17, 15) is 4.39 Å². The Bertz CT molecular complexity index is 1300. The number of nitrogens with zero attached hydrogens (tertiary/aromatic N) is 5. The van der Waals surface area contributed by atoms with Crippen LogP contribution in [0.2, 0.25) is 0 Å². The maximum Gasteiger partial charge on any atom is 0.229 e. The number of anilines is 3. The van der Waals surface area contributed by atoms with Crippen LogP contribution in [0.3, 0.4) is 0 Å². The Labute approximate surface area is 211 Å². The molecule has 0 radical (unpaired) electrons. The van der Waals surface area contributed by atoms with E-state index in [0.717, 1.165) is 29.2 Å². The molecule has 36 heavy (non-hydrogen) atoms. The van der Waals surface area contributed by atoms with E-state index in [0.29, 0.717) is 42.8 Å². The molecule has 0 amide bonds. The van der Waals surface area contributed by atoms with E-state index in [1.807, 2.05) is 30.2 Å². The van der Waals surface area contributed by atoms with Gasteiger partial charge in [-0.1, -0.05) is 36.9 Å². The number of ether oxygens (including phenoxy) is 1. The summed E-state index contributed by atoms with van der Waals surface area (Å²) in [6, 6.07) is 11.9. The SMILES string of the molecule is [C-]#[N+]c1ccc(Nc2nc3c(c(N(C)CC=C)n2)CN(C)CC3c2ccc(F)cc2)cc1OCC=C. The highest BCUT2D eigenvalue weighted by Crippen LogP contribution is 2.37. The average molecular weight is 485 g/mol. The number of likely N-dealkylation sites (N-methyl/N-ethyl adjacent to an activating group) is 2. The molecule has 3 aromatic rings. The molecule has 0 spiro atoms. The van der Waals surface area contributed by atoms with E-state index in [1.165, 1.54) is 12.1 Å². The molecule has 1 aliphatic heterocycles. The van der Waals surface area contributed by atoms with Gasteiger partial charge in [-0.15, -0.1) is 6.58 Å². The molecule has 8 heteroatoms. The highest BCUT2D eigenvalue weighted by Gasteiger charge is 2.31. The van der Waals surface area contributed by atoms with Gasteiger partial charge in [-0.05, 0) is 36.9 Å². The van der Waals surface area contributed by atoms with Crippen molar-refractivity contribution in [3.05, 3.63) is 102 Å². The van der Waals surface area contributed by atoms with E-state index in [1.54, 1.807) is 24.3 Å². The predicted octanol–water partition coefficient (Wildman–Crippen LogP) is 5.67. The summed E-state index contributed by atoms with van der Waals surface area (Å²) in [6.07, 6.45) is 3.46. The Morgan fingerprint density at radius 2 is 2.00 bits per heavy atom. The molecule has 1 unspecified atom stereocenters. The van der Waals surface area contributed by atoms with Gasteiger partial charge in [-0.2, -0.15) is 4.98 Å². The highest BCUT2D eigenvalue weighted by atomic mass is 19.1. The molecule has 1 aliphatic rings. The quantitative estimate of drug-likeness (QED) is 0.312. The maximum atomic E-state index is 13.7. The van der Waals surface area contributed by atoms with E-state index in [4.69, 9.17) is 21.3 Å². The Hall–Kier alpha value is -4.22. The van der Waals surface area contributed by atoms with Gasteiger partial charge in [0.05, 0.1) is 12.3 Å². The Kier molecular flexibility index (Phi) is 7.62. The lowest BCUT2D eigenvalue weighted by atomic mass is 9.88. The summed E-state index contributed by atoms with van der Waals surface area (Å²) in [4.78, 5) is 17.6. The molecular weight excluding hydrogens is 455 g/mol. The first-order valence-electron chi connectivity index (χ1n) is 11.6. The minimum Gasteiger partial charge on any atom is -0.500 e. The zero-order chi connectivity index (χ0) is 25.7. The Morgan fingerprint density at radius 3 is 2.69 bits per heavy atom. The maximum absolute atomic E-state index is 13.7. The number of benzene rings is 2. The predicted molar refractivity (Wildman–Crippen MR) is 142 cm³/mol. The fourth-order valence-corrected chi connectivity index (χ4v) is 4.35. The third-order valence-electron chi connectivity index (χ3n) is 6.00. The molecule has 0 saturated carbocycles. The van der Waals surface area contributed by atoms with Crippen LogP contribution in [0.1, 0.15) is 22.7 Å². The normalized spacial score (nSPS) is 14.9. The lowest BCUT2D eigenvalue weighted by Crippen LogP contribution is -2.34. The number of rotatable bonds is 9. The second-order valence-corrected chi connectivity index (χ2v) is 8.72. The van der Waals surface area contributed by atoms with Gasteiger partial charge in [0.1, 0.15) is 24.0 Å². The summed E-state index contributed by atoms with van der Waals surface area (Å²) in [7, 11) is 4.04. The standard InChI is InChI=1S/C28H29FN6O/c1-6-14-35(5)27-23-18-34(4)17-22(19-8-10-20(29)11-9-19)26(23)32-28(33-27)31-21-12-13-24(30-3)25(16-21)36-15-7-2/h6-13,16,22H,1-2,14-15,17-18H2,4-5H3,(H,31,32,33). The Morgan fingerprint density at radius 1 is 1.22 bits per heavy atom. The van der Waals surface area contributed by atoms with E-state index in [-0.39, 0.29) is 11.7 Å². The Balaban J connectivity index is 1.79. The fraction of sp³-hybridized carbons (Fsp3) is 0.250. The van der Waals surface area contributed by atoms with Crippen molar-refractivity contribution >= 4 is 23.1 Å². The molecule has 0 fully saturated rings. The van der Waals surface area contributed by atoms with Crippen LogP contribution in [0.5, 0.6) is 5.75 Å². The minimum atomic E-state index is -0.267. The summed E-state index contributed by atoms with van der Waals surface area (Å²) in [5.41, 5.74) is 4.05. The van der Waals surface area contributed by atoms with Gasteiger partial charge in [0.2, 0.25) is 11.6 Å². The van der Waals surface area contributed by atoms with Crippen molar-refractivity contribution in [2.45, 2.75) is 12.5 Å². The number of hydrogen-bond acceptors (Lipinski definition) is 6. The van der Waals surface area contributed by atoms with Crippen LogP contribution in [0.25, 0.3) is 4.85 Å². The number of hydrogen-bond donors (Lipinski definition) is 1. The second-order valence-electron chi connectivity index (χ2n) is 8.72. The monoisotopic (exact) mass is 484 g/mol. The van der Waals surface area contributed by atoms with Crippen LogP contribution in [-0.2, 0) is 6.54 Å². The van der Waals surface area contributed by atoms with Gasteiger partial charge in [0.25, 0.3) is 0 Å². The summed E-state index contributed by atoms with van der Waals surface area (Å²) >= 11 is 0. The molecule has 0 saturated heterocycles. The molecule has 0 bridgehead atoms. The van der Waals surface area contributed by atoms with E-state index in [2.05, 4.69) is 35.3 Å². The summed E-state index contributed by atoms with van der Waals surface area (Å²) in [5, 5.41) is 3.29. The molecule has 2 heterocycles. The lowest BCUT2D eigenvalue weighted by molar-refractivity contribution is 0.291.